The highest BCUT2D eigenvalue weighted by Crippen LogP contribution is 2.32. The van der Waals surface area contributed by atoms with Crippen molar-refractivity contribution in [2.24, 2.45) is 0 Å². The largest absolute Gasteiger partial charge is 0.491 e. The molecule has 30 heavy (non-hydrogen) atoms. The molecule has 0 amide bonds. The summed E-state index contributed by atoms with van der Waals surface area (Å²) < 4.78 is 13.2. The first-order valence-electron chi connectivity index (χ1n) is 9.36. The van der Waals surface area contributed by atoms with Crippen LogP contribution < -0.4 is 16.0 Å². The molecule has 1 aromatic carbocycles. The van der Waals surface area contributed by atoms with Crippen LogP contribution in [0.25, 0.3) is 21.9 Å². The van der Waals surface area contributed by atoms with E-state index in [1.54, 1.807) is 30.5 Å². The summed E-state index contributed by atoms with van der Waals surface area (Å²) in [6.45, 7) is 0.00968. The molecule has 1 aliphatic heterocycles. The van der Waals surface area contributed by atoms with Crippen molar-refractivity contribution in [3.63, 3.8) is 0 Å². The third-order valence-electron chi connectivity index (χ3n) is 5.23. The van der Waals surface area contributed by atoms with Gasteiger partial charge in [-0.3, -0.25) is 4.79 Å². The highest BCUT2D eigenvalue weighted by Gasteiger charge is 2.44. The third-order valence-corrected chi connectivity index (χ3v) is 5.23. The van der Waals surface area contributed by atoms with E-state index in [9.17, 15) is 15.0 Å². The smallest absolute Gasteiger partial charge is 0.260 e. The van der Waals surface area contributed by atoms with Gasteiger partial charge in [0.05, 0.1) is 17.2 Å². The minimum absolute atomic E-state index is 0.00968. The van der Waals surface area contributed by atoms with E-state index >= 15 is 0 Å². The standard InChI is InChI=1S/C20H19N5O5/c21-15-4-2-10-1-3-11(7-13(10)24-15)29-8-14-16(26)17(27)20(30-14)25-6-5-12-18(25)22-9-23-19(12)28/h1-7,9,14,16-17,20,26-27H,8H2,(H2,21,24)(H,22,23,28)/t14-,16-,17-,20-/m1/s1. The zero-order valence-corrected chi connectivity index (χ0v) is 15.7. The maximum atomic E-state index is 11.9. The maximum absolute atomic E-state index is 11.9. The molecule has 154 valence electrons. The Kier molecular flexibility index (Phi) is 4.39. The molecule has 1 fully saturated rings. The van der Waals surface area contributed by atoms with Crippen LogP contribution in [-0.4, -0.2) is 54.7 Å². The Morgan fingerprint density at radius 3 is 2.90 bits per heavy atom. The van der Waals surface area contributed by atoms with Crippen molar-refractivity contribution in [3.05, 3.63) is 59.3 Å². The minimum Gasteiger partial charge on any atom is -0.491 e. The van der Waals surface area contributed by atoms with Crippen molar-refractivity contribution in [1.29, 1.82) is 0 Å². The quantitative estimate of drug-likeness (QED) is 0.382. The summed E-state index contributed by atoms with van der Waals surface area (Å²) in [5.41, 5.74) is 6.48. The molecule has 3 aromatic heterocycles. The lowest BCUT2D eigenvalue weighted by atomic mass is 10.1. The number of hydrogen-bond donors (Lipinski definition) is 4. The number of rotatable bonds is 4. The van der Waals surface area contributed by atoms with Gasteiger partial charge < -0.3 is 35.0 Å². The Morgan fingerprint density at radius 1 is 1.20 bits per heavy atom. The van der Waals surface area contributed by atoms with E-state index in [0.29, 0.717) is 28.1 Å². The van der Waals surface area contributed by atoms with Crippen molar-refractivity contribution < 1.29 is 19.7 Å². The van der Waals surface area contributed by atoms with Crippen LogP contribution in [0.5, 0.6) is 5.75 Å². The second-order valence-corrected chi connectivity index (χ2v) is 7.14. The number of nitrogens with two attached hydrogens (primary N) is 1. The number of nitrogens with one attached hydrogen (secondary N) is 1. The highest BCUT2D eigenvalue weighted by atomic mass is 16.6. The van der Waals surface area contributed by atoms with Gasteiger partial charge in [-0.2, -0.15) is 0 Å². The molecule has 0 spiro atoms. The zero-order valence-electron chi connectivity index (χ0n) is 15.7. The average molecular weight is 409 g/mol. The summed E-state index contributed by atoms with van der Waals surface area (Å²) in [5, 5.41) is 22.3. The molecule has 10 heteroatoms. The lowest BCUT2D eigenvalue weighted by Gasteiger charge is -2.17. The summed E-state index contributed by atoms with van der Waals surface area (Å²) in [6.07, 6.45) is -1.21. The second kappa shape index (κ2) is 7.10. The molecule has 4 aromatic rings. The summed E-state index contributed by atoms with van der Waals surface area (Å²) >= 11 is 0. The Bertz CT molecular complexity index is 1290. The monoisotopic (exact) mass is 409 g/mol. The Labute approximate surface area is 169 Å². The number of nitrogen functional groups attached to an aromatic ring is 1. The number of aromatic nitrogens is 4. The molecule has 0 radical (unpaired) electrons. The molecule has 4 atom stereocenters. The van der Waals surface area contributed by atoms with Crippen LogP contribution in [0.3, 0.4) is 0 Å². The van der Waals surface area contributed by atoms with Crippen LogP contribution in [0, 0.1) is 0 Å². The molecule has 4 heterocycles. The van der Waals surface area contributed by atoms with E-state index in [-0.39, 0.29) is 12.2 Å². The van der Waals surface area contributed by atoms with Crippen molar-refractivity contribution in [2.45, 2.75) is 24.5 Å². The van der Waals surface area contributed by atoms with E-state index in [2.05, 4.69) is 15.0 Å². The molecule has 1 saturated heterocycles. The van der Waals surface area contributed by atoms with Crippen LogP contribution in [0.4, 0.5) is 5.82 Å². The van der Waals surface area contributed by atoms with E-state index in [1.165, 1.54) is 10.9 Å². The SMILES string of the molecule is Nc1ccc2ccc(OC[C@H]3O[C@@H](n4ccc5c(=O)[nH]cnc54)[C@H](O)[C@@H]3O)cc2n1. The van der Waals surface area contributed by atoms with Crippen molar-refractivity contribution >= 4 is 27.8 Å². The van der Waals surface area contributed by atoms with Crippen molar-refractivity contribution in [1.82, 2.24) is 19.5 Å². The molecule has 0 unspecified atom stereocenters. The lowest BCUT2D eigenvalue weighted by molar-refractivity contribution is -0.0471. The second-order valence-electron chi connectivity index (χ2n) is 7.14. The van der Waals surface area contributed by atoms with Gasteiger partial charge in [0.15, 0.2) is 6.23 Å². The maximum Gasteiger partial charge on any atom is 0.260 e. The fraction of sp³-hybridized carbons (Fsp3) is 0.250. The molecule has 5 rings (SSSR count). The summed E-state index contributed by atoms with van der Waals surface area (Å²) in [4.78, 5) is 22.8. The number of benzene rings is 1. The lowest BCUT2D eigenvalue weighted by Crippen LogP contribution is -2.34. The van der Waals surface area contributed by atoms with Gasteiger partial charge in [-0.15, -0.1) is 0 Å². The number of hydrogen-bond acceptors (Lipinski definition) is 8. The number of fused-ring (bicyclic) bond motifs is 2. The molecular weight excluding hydrogens is 390 g/mol. The van der Waals surface area contributed by atoms with Crippen LogP contribution in [-0.2, 0) is 4.74 Å². The number of aliphatic hydroxyl groups is 2. The van der Waals surface area contributed by atoms with Gasteiger partial charge in [-0.05, 0) is 30.3 Å². The summed E-state index contributed by atoms with van der Waals surface area (Å²) in [7, 11) is 0. The van der Waals surface area contributed by atoms with Gasteiger partial charge in [0.25, 0.3) is 5.56 Å². The third kappa shape index (κ3) is 3.07. The number of aromatic amines is 1. The van der Waals surface area contributed by atoms with Crippen molar-refractivity contribution in [2.75, 3.05) is 12.3 Å². The predicted octanol–water partition coefficient (Wildman–Crippen LogP) is 0.553. The molecule has 0 saturated carbocycles. The van der Waals surface area contributed by atoms with Gasteiger partial charge >= 0.3 is 0 Å². The first-order valence-corrected chi connectivity index (χ1v) is 9.36. The van der Waals surface area contributed by atoms with Gasteiger partial charge in [0, 0.05) is 17.6 Å². The first-order chi connectivity index (χ1) is 14.5. The number of pyridine rings is 1. The van der Waals surface area contributed by atoms with E-state index in [4.69, 9.17) is 15.2 Å². The normalized spacial score (nSPS) is 23.9. The van der Waals surface area contributed by atoms with E-state index in [0.717, 1.165) is 5.39 Å². The number of ether oxygens (including phenoxy) is 2. The predicted molar refractivity (Wildman–Crippen MR) is 108 cm³/mol. The Morgan fingerprint density at radius 2 is 2.03 bits per heavy atom. The van der Waals surface area contributed by atoms with Gasteiger partial charge in [-0.1, -0.05) is 0 Å². The Hall–Kier alpha value is -3.47. The number of anilines is 1. The first kappa shape index (κ1) is 18.6. The van der Waals surface area contributed by atoms with Crippen LogP contribution in [0.2, 0.25) is 0 Å². The van der Waals surface area contributed by atoms with Crippen LogP contribution >= 0.6 is 0 Å². The number of nitrogens with zero attached hydrogens (tertiary/aromatic N) is 3. The van der Waals surface area contributed by atoms with Crippen LogP contribution in [0.1, 0.15) is 6.23 Å². The fourth-order valence-electron chi connectivity index (χ4n) is 3.67. The van der Waals surface area contributed by atoms with Gasteiger partial charge in [-0.25, -0.2) is 9.97 Å². The number of H-pyrrole nitrogens is 1. The fourth-order valence-corrected chi connectivity index (χ4v) is 3.67. The van der Waals surface area contributed by atoms with Gasteiger partial charge in [0.2, 0.25) is 0 Å². The summed E-state index contributed by atoms with van der Waals surface area (Å²) in [5.74, 6) is 0.945. The average Bonchev–Trinajstić information content (AvgIpc) is 3.29. The molecule has 0 bridgehead atoms. The summed E-state index contributed by atoms with van der Waals surface area (Å²) in [6, 6.07) is 10.6. The molecule has 0 aliphatic carbocycles. The van der Waals surface area contributed by atoms with Gasteiger partial charge in [0.1, 0.15) is 42.1 Å². The van der Waals surface area contributed by atoms with Crippen LogP contribution in [0.15, 0.2) is 53.7 Å². The molecular formula is C20H19N5O5. The topological polar surface area (TPSA) is 149 Å². The number of aliphatic hydroxyl groups excluding tert-OH is 2. The zero-order chi connectivity index (χ0) is 20.8. The molecule has 5 N–H and O–H groups in total. The minimum atomic E-state index is -1.21. The van der Waals surface area contributed by atoms with E-state index in [1.807, 2.05) is 12.1 Å². The highest BCUT2D eigenvalue weighted by molar-refractivity contribution is 5.81. The Balaban J connectivity index is 1.35. The molecule has 10 nitrogen and oxygen atoms in total. The van der Waals surface area contributed by atoms with Crippen molar-refractivity contribution in [3.8, 4) is 5.75 Å². The molecule has 1 aliphatic rings. The van der Waals surface area contributed by atoms with E-state index < -0.39 is 24.5 Å².